The molecule has 0 bridgehead atoms. The van der Waals surface area contributed by atoms with Crippen LogP contribution in [0.2, 0.25) is 0 Å². The summed E-state index contributed by atoms with van der Waals surface area (Å²) in [5, 5.41) is 28.1. The molecule has 0 aromatic heterocycles. The van der Waals surface area contributed by atoms with Gasteiger partial charge in [0.05, 0.1) is 0 Å². The molecule has 12 nitrogen and oxygen atoms in total. The Bertz CT molecular complexity index is 692. The molecule has 6 N–H and O–H groups in total. The molecule has 0 spiro atoms. The van der Waals surface area contributed by atoms with Gasteiger partial charge in [-0.25, -0.2) is 0 Å². The Labute approximate surface area is 212 Å². The number of carbonyl (C=O) groups excluding carboxylic acids is 4. The van der Waals surface area contributed by atoms with Crippen molar-refractivity contribution in [3.05, 3.63) is 0 Å². The molecule has 0 rings (SSSR count). The second-order valence-corrected chi connectivity index (χ2v) is 9.36. The van der Waals surface area contributed by atoms with Crippen molar-refractivity contribution in [2.24, 2.45) is 11.8 Å². The zero-order valence-corrected chi connectivity index (χ0v) is 21.7. The molecule has 0 aromatic rings. The monoisotopic (exact) mass is 514 g/mol. The van der Waals surface area contributed by atoms with Crippen molar-refractivity contribution in [3.8, 4) is 0 Å². The van der Waals surface area contributed by atoms with Gasteiger partial charge in [0.2, 0.25) is 23.6 Å². The number of carbonyl (C=O) groups is 6. The first kappa shape index (κ1) is 32.8. The van der Waals surface area contributed by atoms with Gasteiger partial charge >= 0.3 is 11.9 Å². The van der Waals surface area contributed by atoms with E-state index in [-0.39, 0.29) is 74.0 Å². The van der Waals surface area contributed by atoms with Gasteiger partial charge in [-0.1, -0.05) is 27.7 Å². The van der Waals surface area contributed by atoms with Crippen molar-refractivity contribution in [2.75, 3.05) is 13.1 Å². The average Bonchev–Trinajstić information content (AvgIpc) is 2.76. The van der Waals surface area contributed by atoms with Gasteiger partial charge in [0, 0.05) is 38.8 Å². The second kappa shape index (κ2) is 18.1. The van der Waals surface area contributed by atoms with Gasteiger partial charge in [-0.2, -0.15) is 0 Å². The molecule has 36 heavy (non-hydrogen) atoms. The molecule has 0 aliphatic carbocycles. The third-order valence-electron chi connectivity index (χ3n) is 5.32. The van der Waals surface area contributed by atoms with Crippen molar-refractivity contribution in [3.63, 3.8) is 0 Å². The summed E-state index contributed by atoms with van der Waals surface area (Å²) in [6.45, 7) is 7.89. The van der Waals surface area contributed by atoms with Crippen LogP contribution in [0, 0.1) is 11.8 Å². The van der Waals surface area contributed by atoms with E-state index >= 15 is 0 Å². The van der Waals surface area contributed by atoms with Crippen LogP contribution in [0.15, 0.2) is 0 Å². The summed E-state index contributed by atoms with van der Waals surface area (Å²) in [6, 6.07) is -1.46. The van der Waals surface area contributed by atoms with Crippen molar-refractivity contribution in [1.82, 2.24) is 21.3 Å². The third kappa shape index (κ3) is 15.7. The maximum absolute atomic E-state index is 12.5. The standard InChI is InChI=1S/C24H42N4O8/c1-15(2)21(27-17(29)9-7-11-19(31)32)23(35)25-13-5-6-14-26-24(36)22(16(3)4)28-18(30)10-8-12-20(33)34/h15-16,21-22H,5-14H2,1-4H3,(H,25,35)(H,26,36)(H,27,29)(H,28,30)(H,31,32)(H,33,34)/t21-,22-/m0/s1. The highest BCUT2D eigenvalue weighted by atomic mass is 16.4. The summed E-state index contributed by atoms with van der Waals surface area (Å²) < 4.78 is 0. The molecule has 2 atom stereocenters. The lowest BCUT2D eigenvalue weighted by Crippen LogP contribution is -2.50. The Morgan fingerprint density at radius 2 is 0.889 bits per heavy atom. The molecule has 0 radical (unpaired) electrons. The largest absolute Gasteiger partial charge is 0.481 e. The summed E-state index contributed by atoms with van der Waals surface area (Å²) in [5.41, 5.74) is 0. The van der Waals surface area contributed by atoms with E-state index in [9.17, 15) is 28.8 Å². The van der Waals surface area contributed by atoms with E-state index in [0.717, 1.165) is 0 Å². The van der Waals surface area contributed by atoms with Crippen LogP contribution in [0.25, 0.3) is 0 Å². The number of nitrogens with one attached hydrogen (secondary N) is 4. The van der Waals surface area contributed by atoms with Gasteiger partial charge in [0.15, 0.2) is 0 Å². The smallest absolute Gasteiger partial charge is 0.303 e. The summed E-state index contributed by atoms with van der Waals surface area (Å²) >= 11 is 0. The summed E-state index contributed by atoms with van der Waals surface area (Å²) in [6.07, 6.45) is 1.40. The lowest BCUT2D eigenvalue weighted by molar-refractivity contribution is -0.138. The van der Waals surface area contributed by atoms with Crippen molar-refractivity contribution < 1.29 is 39.0 Å². The topological polar surface area (TPSA) is 191 Å². The molecule has 4 amide bonds. The Balaban J connectivity index is 4.34. The highest BCUT2D eigenvalue weighted by Gasteiger charge is 2.25. The lowest BCUT2D eigenvalue weighted by atomic mass is 10.0. The van der Waals surface area contributed by atoms with Crippen LogP contribution in [0.1, 0.15) is 79.1 Å². The lowest BCUT2D eigenvalue weighted by Gasteiger charge is -2.22. The Hall–Kier alpha value is -3.18. The zero-order chi connectivity index (χ0) is 27.7. The second-order valence-electron chi connectivity index (χ2n) is 9.36. The van der Waals surface area contributed by atoms with Crippen molar-refractivity contribution >= 4 is 35.6 Å². The predicted octanol–water partition coefficient (Wildman–Crippen LogP) is 0.790. The summed E-state index contributed by atoms with van der Waals surface area (Å²) in [4.78, 5) is 70.0. The van der Waals surface area contributed by atoms with Crippen molar-refractivity contribution in [2.45, 2.75) is 91.1 Å². The molecule has 12 heteroatoms. The first-order chi connectivity index (χ1) is 16.8. The minimum Gasteiger partial charge on any atom is -0.481 e. The highest BCUT2D eigenvalue weighted by molar-refractivity contribution is 5.88. The van der Waals surface area contributed by atoms with Crippen LogP contribution in [-0.4, -0.2) is 71.0 Å². The van der Waals surface area contributed by atoms with E-state index in [1.54, 1.807) is 27.7 Å². The van der Waals surface area contributed by atoms with E-state index in [1.807, 2.05) is 0 Å². The van der Waals surface area contributed by atoms with Gasteiger partial charge < -0.3 is 31.5 Å². The average molecular weight is 515 g/mol. The molecule has 0 aromatic carbocycles. The van der Waals surface area contributed by atoms with E-state index in [2.05, 4.69) is 21.3 Å². The molecular weight excluding hydrogens is 472 g/mol. The number of carboxylic acid groups (broad SMARTS) is 2. The van der Waals surface area contributed by atoms with E-state index in [1.165, 1.54) is 0 Å². The number of rotatable bonds is 19. The van der Waals surface area contributed by atoms with E-state index in [0.29, 0.717) is 25.9 Å². The number of aliphatic carboxylic acids is 2. The number of unbranched alkanes of at least 4 members (excludes halogenated alkanes) is 1. The van der Waals surface area contributed by atoms with Gasteiger partial charge in [0.25, 0.3) is 0 Å². The minimum absolute atomic E-state index is 0.0304. The van der Waals surface area contributed by atoms with Crippen LogP contribution in [0.5, 0.6) is 0 Å². The Kier molecular flexibility index (Phi) is 16.5. The Morgan fingerprint density at radius 3 is 1.17 bits per heavy atom. The van der Waals surface area contributed by atoms with E-state index < -0.39 is 24.0 Å². The fourth-order valence-electron chi connectivity index (χ4n) is 3.25. The van der Waals surface area contributed by atoms with Crippen LogP contribution in [0.3, 0.4) is 0 Å². The van der Waals surface area contributed by atoms with Gasteiger partial charge in [-0.15, -0.1) is 0 Å². The van der Waals surface area contributed by atoms with Crippen LogP contribution in [-0.2, 0) is 28.8 Å². The number of hydrogen-bond donors (Lipinski definition) is 6. The Morgan fingerprint density at radius 1 is 0.556 bits per heavy atom. The zero-order valence-electron chi connectivity index (χ0n) is 21.7. The van der Waals surface area contributed by atoms with Crippen LogP contribution >= 0.6 is 0 Å². The fraction of sp³-hybridized carbons (Fsp3) is 0.750. The number of hydrogen-bond acceptors (Lipinski definition) is 6. The molecular formula is C24H42N4O8. The quantitative estimate of drug-likeness (QED) is 0.136. The predicted molar refractivity (Wildman–Crippen MR) is 132 cm³/mol. The van der Waals surface area contributed by atoms with Gasteiger partial charge in [-0.05, 0) is 37.5 Å². The number of amides is 4. The van der Waals surface area contributed by atoms with E-state index in [4.69, 9.17) is 10.2 Å². The first-order valence-corrected chi connectivity index (χ1v) is 12.4. The minimum atomic E-state index is -0.977. The fourth-order valence-corrected chi connectivity index (χ4v) is 3.25. The summed E-state index contributed by atoms with van der Waals surface area (Å²) in [7, 11) is 0. The molecule has 0 saturated carbocycles. The molecule has 0 aliphatic rings. The SMILES string of the molecule is CC(C)[C@H](NC(=O)CCCC(=O)O)C(=O)NCCCCNC(=O)[C@@H](NC(=O)CCCC(=O)O)C(C)C. The third-order valence-corrected chi connectivity index (χ3v) is 5.32. The normalized spacial score (nSPS) is 12.5. The number of carboxylic acids is 2. The molecule has 0 fully saturated rings. The molecule has 206 valence electrons. The highest BCUT2D eigenvalue weighted by Crippen LogP contribution is 2.06. The molecule has 0 unspecified atom stereocenters. The maximum atomic E-state index is 12.5. The van der Waals surface area contributed by atoms with Crippen LogP contribution in [0.4, 0.5) is 0 Å². The van der Waals surface area contributed by atoms with Gasteiger partial charge in [0.1, 0.15) is 12.1 Å². The van der Waals surface area contributed by atoms with Gasteiger partial charge in [-0.3, -0.25) is 28.8 Å². The molecule has 0 saturated heterocycles. The van der Waals surface area contributed by atoms with Crippen molar-refractivity contribution in [1.29, 1.82) is 0 Å². The maximum Gasteiger partial charge on any atom is 0.303 e. The molecule has 0 aliphatic heterocycles. The van der Waals surface area contributed by atoms with Crippen LogP contribution < -0.4 is 21.3 Å². The summed E-state index contributed by atoms with van der Waals surface area (Å²) in [5.74, 6) is -3.66. The molecule has 0 heterocycles. The first-order valence-electron chi connectivity index (χ1n) is 12.4.